The molecule has 0 aliphatic heterocycles. The quantitative estimate of drug-likeness (QED) is 0.643. The molecule has 0 saturated carbocycles. The number of rotatable bonds is 4. The third kappa shape index (κ3) is 3.43. The van der Waals surface area contributed by atoms with Crippen LogP contribution < -0.4 is 0 Å². The lowest BCUT2D eigenvalue weighted by Crippen LogP contribution is -2.03. The van der Waals surface area contributed by atoms with Gasteiger partial charge in [-0.15, -0.1) is 0 Å². The number of halogens is 1. The predicted octanol–water partition coefficient (Wildman–Crippen LogP) is 4.84. The molecule has 4 nitrogen and oxygen atoms in total. The first-order valence-corrected chi connectivity index (χ1v) is 7.54. The Morgan fingerprint density at radius 1 is 1.09 bits per heavy atom. The van der Waals surface area contributed by atoms with Crippen LogP contribution in [0.3, 0.4) is 0 Å². The summed E-state index contributed by atoms with van der Waals surface area (Å²) in [6.45, 7) is 2.13. The Kier molecular flexibility index (Phi) is 4.44. The summed E-state index contributed by atoms with van der Waals surface area (Å²) in [6, 6.07) is 14.3. The highest BCUT2D eigenvalue weighted by Crippen LogP contribution is 2.27. The van der Waals surface area contributed by atoms with Crippen LogP contribution in [0.15, 0.2) is 59.1 Å². The van der Waals surface area contributed by atoms with Gasteiger partial charge in [0.05, 0.1) is 18.4 Å². The zero-order chi connectivity index (χ0) is 16.2. The van der Waals surface area contributed by atoms with Crippen molar-refractivity contribution < 1.29 is 13.9 Å². The van der Waals surface area contributed by atoms with Gasteiger partial charge in [0, 0.05) is 16.1 Å². The molecule has 3 aromatic rings. The van der Waals surface area contributed by atoms with Gasteiger partial charge in [-0.1, -0.05) is 23.7 Å². The van der Waals surface area contributed by atoms with E-state index in [2.05, 4.69) is 4.98 Å². The molecule has 0 fully saturated rings. The number of oxazole rings is 1. The minimum atomic E-state index is -0.335. The van der Waals surface area contributed by atoms with Crippen LogP contribution in [0.5, 0.6) is 0 Å². The molecule has 1 heterocycles. The van der Waals surface area contributed by atoms with Crippen molar-refractivity contribution in [3.05, 3.63) is 65.3 Å². The van der Waals surface area contributed by atoms with Gasteiger partial charge >= 0.3 is 5.97 Å². The number of carbonyl (C=O) groups excluding carboxylic acids is 1. The fourth-order valence-electron chi connectivity index (χ4n) is 2.12. The number of hydrogen-bond donors (Lipinski definition) is 0. The van der Waals surface area contributed by atoms with E-state index in [1.54, 1.807) is 49.5 Å². The maximum atomic E-state index is 11.6. The average molecular weight is 328 g/mol. The van der Waals surface area contributed by atoms with Gasteiger partial charge in [0.15, 0.2) is 5.76 Å². The molecule has 0 spiro atoms. The van der Waals surface area contributed by atoms with Crippen LogP contribution in [0.4, 0.5) is 0 Å². The largest absolute Gasteiger partial charge is 0.462 e. The molecule has 0 bridgehead atoms. The van der Waals surface area contributed by atoms with Crippen LogP contribution in [-0.4, -0.2) is 17.6 Å². The molecule has 0 amide bonds. The molecule has 0 aliphatic rings. The molecular weight excluding hydrogens is 314 g/mol. The van der Waals surface area contributed by atoms with E-state index in [0.29, 0.717) is 28.8 Å². The summed E-state index contributed by atoms with van der Waals surface area (Å²) in [6.07, 6.45) is 1.66. The third-order valence-corrected chi connectivity index (χ3v) is 3.53. The Bertz CT molecular complexity index is 807. The summed E-state index contributed by atoms with van der Waals surface area (Å²) in [7, 11) is 0. The summed E-state index contributed by atoms with van der Waals surface area (Å²) in [4.78, 5) is 15.9. The number of carbonyl (C=O) groups is 1. The molecule has 0 aliphatic carbocycles. The van der Waals surface area contributed by atoms with Crippen LogP contribution in [0.1, 0.15) is 17.3 Å². The summed E-state index contributed by atoms with van der Waals surface area (Å²) >= 11 is 5.87. The van der Waals surface area contributed by atoms with E-state index in [0.717, 1.165) is 11.1 Å². The van der Waals surface area contributed by atoms with Gasteiger partial charge in [-0.2, -0.15) is 0 Å². The summed E-state index contributed by atoms with van der Waals surface area (Å²) in [5.74, 6) is 0.815. The summed E-state index contributed by atoms with van der Waals surface area (Å²) in [5.41, 5.74) is 2.20. The molecule has 0 atom stereocenters. The highest BCUT2D eigenvalue weighted by Gasteiger charge is 2.10. The fraction of sp³-hybridized carbons (Fsp3) is 0.111. The second kappa shape index (κ2) is 6.67. The van der Waals surface area contributed by atoms with E-state index < -0.39 is 0 Å². The van der Waals surface area contributed by atoms with E-state index in [9.17, 15) is 4.79 Å². The topological polar surface area (TPSA) is 52.3 Å². The van der Waals surface area contributed by atoms with Crippen molar-refractivity contribution in [3.8, 4) is 22.8 Å². The molecule has 1 aromatic heterocycles. The normalized spacial score (nSPS) is 10.5. The highest BCUT2D eigenvalue weighted by atomic mass is 35.5. The second-order valence-corrected chi connectivity index (χ2v) is 5.27. The molecule has 5 heteroatoms. The van der Waals surface area contributed by atoms with E-state index in [1.165, 1.54) is 0 Å². The first kappa shape index (κ1) is 15.3. The Morgan fingerprint density at radius 3 is 2.39 bits per heavy atom. The van der Waals surface area contributed by atoms with Crippen molar-refractivity contribution in [1.29, 1.82) is 0 Å². The van der Waals surface area contributed by atoms with Crippen molar-refractivity contribution >= 4 is 17.6 Å². The number of nitrogens with zero attached hydrogens (tertiary/aromatic N) is 1. The first-order chi connectivity index (χ1) is 11.2. The summed E-state index contributed by atoms with van der Waals surface area (Å²) < 4.78 is 10.7. The number of aromatic nitrogens is 1. The van der Waals surface area contributed by atoms with Gasteiger partial charge in [0.1, 0.15) is 0 Å². The van der Waals surface area contributed by atoms with Gasteiger partial charge in [-0.05, 0) is 43.3 Å². The Labute approximate surface area is 138 Å². The molecule has 2 aromatic carbocycles. The van der Waals surface area contributed by atoms with Crippen LogP contribution >= 0.6 is 11.6 Å². The predicted molar refractivity (Wildman–Crippen MR) is 88.3 cm³/mol. The smallest absolute Gasteiger partial charge is 0.338 e. The van der Waals surface area contributed by atoms with Crippen LogP contribution in [0.2, 0.25) is 5.02 Å². The van der Waals surface area contributed by atoms with Gasteiger partial charge in [-0.3, -0.25) is 0 Å². The van der Waals surface area contributed by atoms with Gasteiger partial charge < -0.3 is 9.15 Å². The lowest BCUT2D eigenvalue weighted by molar-refractivity contribution is 0.0526. The Hall–Kier alpha value is -2.59. The minimum absolute atomic E-state index is 0.335. The Balaban J connectivity index is 1.83. The maximum Gasteiger partial charge on any atom is 0.338 e. The van der Waals surface area contributed by atoms with Crippen LogP contribution in [0.25, 0.3) is 22.8 Å². The molecule has 0 N–H and O–H groups in total. The zero-order valence-electron chi connectivity index (χ0n) is 12.5. The maximum absolute atomic E-state index is 11.6. The first-order valence-electron chi connectivity index (χ1n) is 7.16. The van der Waals surface area contributed by atoms with E-state index in [1.807, 2.05) is 12.1 Å². The molecule has 116 valence electrons. The zero-order valence-corrected chi connectivity index (χ0v) is 13.2. The van der Waals surface area contributed by atoms with Crippen molar-refractivity contribution in [1.82, 2.24) is 4.98 Å². The number of hydrogen-bond acceptors (Lipinski definition) is 4. The minimum Gasteiger partial charge on any atom is -0.462 e. The van der Waals surface area contributed by atoms with E-state index >= 15 is 0 Å². The average Bonchev–Trinajstić information content (AvgIpc) is 3.06. The monoisotopic (exact) mass is 327 g/mol. The standard InChI is InChI=1S/C18H14ClNO3/c1-2-22-18(21)14-5-3-12(4-6-14)16-11-20-17(23-16)13-7-9-15(19)10-8-13/h3-11H,2H2,1H3. The van der Waals surface area contributed by atoms with Gasteiger partial charge in [0.2, 0.25) is 5.89 Å². The number of esters is 1. The molecular formula is C18H14ClNO3. The number of ether oxygens (including phenoxy) is 1. The van der Waals surface area contributed by atoms with Crippen molar-refractivity contribution in [2.75, 3.05) is 6.61 Å². The summed E-state index contributed by atoms with van der Waals surface area (Å²) in [5, 5.41) is 0.662. The SMILES string of the molecule is CCOC(=O)c1ccc(-c2cnc(-c3ccc(Cl)cc3)o2)cc1. The van der Waals surface area contributed by atoms with Crippen molar-refractivity contribution in [2.24, 2.45) is 0 Å². The van der Waals surface area contributed by atoms with Crippen LogP contribution in [0, 0.1) is 0 Å². The molecule has 3 rings (SSSR count). The molecule has 23 heavy (non-hydrogen) atoms. The third-order valence-electron chi connectivity index (χ3n) is 3.28. The lowest BCUT2D eigenvalue weighted by atomic mass is 10.1. The molecule has 0 unspecified atom stereocenters. The van der Waals surface area contributed by atoms with Gasteiger partial charge in [-0.25, -0.2) is 9.78 Å². The van der Waals surface area contributed by atoms with Gasteiger partial charge in [0.25, 0.3) is 0 Å². The lowest BCUT2D eigenvalue weighted by Gasteiger charge is -2.02. The highest BCUT2D eigenvalue weighted by molar-refractivity contribution is 6.30. The fourth-order valence-corrected chi connectivity index (χ4v) is 2.24. The number of benzene rings is 2. The van der Waals surface area contributed by atoms with Crippen LogP contribution in [-0.2, 0) is 4.74 Å². The van der Waals surface area contributed by atoms with Crippen molar-refractivity contribution in [3.63, 3.8) is 0 Å². The Morgan fingerprint density at radius 2 is 1.74 bits per heavy atom. The van der Waals surface area contributed by atoms with E-state index in [-0.39, 0.29) is 5.97 Å². The van der Waals surface area contributed by atoms with E-state index in [4.69, 9.17) is 20.8 Å². The molecule has 0 radical (unpaired) electrons. The molecule has 0 saturated heterocycles. The second-order valence-electron chi connectivity index (χ2n) is 4.83. The van der Waals surface area contributed by atoms with Crippen molar-refractivity contribution in [2.45, 2.75) is 6.92 Å².